The quantitative estimate of drug-likeness (QED) is 0.613. The van der Waals surface area contributed by atoms with Gasteiger partial charge in [0.15, 0.2) is 0 Å². The van der Waals surface area contributed by atoms with Crippen LogP contribution in [0.15, 0.2) is 18.2 Å². The predicted octanol–water partition coefficient (Wildman–Crippen LogP) is 4.52. The number of anilines is 2. The number of hydrogen-bond donors (Lipinski definition) is 1. The number of nitrogens with zero attached hydrogens (tertiary/aromatic N) is 2. The molecule has 2 aliphatic heterocycles. The van der Waals surface area contributed by atoms with Crippen molar-refractivity contribution in [2.75, 3.05) is 43.2 Å². The van der Waals surface area contributed by atoms with E-state index in [9.17, 15) is 9.59 Å². The Morgan fingerprint density at radius 3 is 2.48 bits per heavy atom. The van der Waals surface area contributed by atoms with E-state index in [4.69, 9.17) is 14.2 Å². The summed E-state index contributed by atoms with van der Waals surface area (Å²) in [5, 5.41) is 3.67. The average molecular weight is 462 g/mol. The van der Waals surface area contributed by atoms with E-state index in [2.05, 4.69) is 25.2 Å². The molecular formula is C25H39N3O5. The Morgan fingerprint density at radius 1 is 1.18 bits per heavy atom. The molecule has 0 aliphatic carbocycles. The standard InChI is InChI=1S/C25H39N3O5/c1-7-20(12-26-17(4)10-19-14-32-15-19)21-8-9-22-23(11-21)27(24(29)33-16(2)3)13-18(5)28(22)25(30)31-6/h8-9,11,16-20,26H,7,10,12-15H2,1-6H3. The summed E-state index contributed by atoms with van der Waals surface area (Å²) in [6.45, 7) is 12.9. The van der Waals surface area contributed by atoms with Crippen LogP contribution in [0.4, 0.5) is 21.0 Å². The van der Waals surface area contributed by atoms with Gasteiger partial charge >= 0.3 is 12.2 Å². The summed E-state index contributed by atoms with van der Waals surface area (Å²) in [7, 11) is 1.37. The molecule has 1 aromatic carbocycles. The Hall–Kier alpha value is -2.32. The summed E-state index contributed by atoms with van der Waals surface area (Å²) in [6.07, 6.45) is 1.01. The highest BCUT2D eigenvalue weighted by Gasteiger charge is 2.37. The molecule has 2 amide bonds. The molecule has 3 rings (SSSR count). The third-order valence-electron chi connectivity index (χ3n) is 6.44. The minimum absolute atomic E-state index is 0.228. The number of amides is 2. The number of hydrogen-bond acceptors (Lipinski definition) is 6. The van der Waals surface area contributed by atoms with Crippen LogP contribution in [0.5, 0.6) is 0 Å². The van der Waals surface area contributed by atoms with Gasteiger partial charge in [-0.25, -0.2) is 9.59 Å². The van der Waals surface area contributed by atoms with Crippen molar-refractivity contribution < 1.29 is 23.8 Å². The fraction of sp³-hybridized carbons (Fsp3) is 0.680. The molecule has 1 aromatic rings. The molecule has 1 N–H and O–H groups in total. The lowest BCUT2D eigenvalue weighted by atomic mass is 9.93. The van der Waals surface area contributed by atoms with Crippen molar-refractivity contribution in [2.45, 2.75) is 71.6 Å². The van der Waals surface area contributed by atoms with E-state index in [0.29, 0.717) is 29.9 Å². The number of fused-ring (bicyclic) bond motifs is 1. The molecular weight excluding hydrogens is 422 g/mol. The third-order valence-corrected chi connectivity index (χ3v) is 6.44. The van der Waals surface area contributed by atoms with E-state index in [1.165, 1.54) is 7.11 Å². The van der Waals surface area contributed by atoms with Crippen molar-refractivity contribution in [3.05, 3.63) is 23.8 Å². The zero-order valence-electron chi connectivity index (χ0n) is 20.8. The molecule has 2 heterocycles. The van der Waals surface area contributed by atoms with E-state index in [1.807, 2.05) is 32.9 Å². The highest BCUT2D eigenvalue weighted by Crippen LogP contribution is 2.39. The zero-order valence-corrected chi connectivity index (χ0v) is 20.8. The topological polar surface area (TPSA) is 80.3 Å². The number of nitrogens with one attached hydrogen (secondary N) is 1. The van der Waals surface area contributed by atoms with Crippen LogP contribution >= 0.6 is 0 Å². The molecule has 8 nitrogen and oxygen atoms in total. The summed E-state index contributed by atoms with van der Waals surface area (Å²) in [5.74, 6) is 0.937. The van der Waals surface area contributed by atoms with Crippen molar-refractivity contribution in [1.82, 2.24) is 5.32 Å². The second kappa shape index (κ2) is 11.2. The van der Waals surface area contributed by atoms with Crippen molar-refractivity contribution in [3.63, 3.8) is 0 Å². The van der Waals surface area contributed by atoms with Crippen LogP contribution in [-0.2, 0) is 14.2 Å². The number of carbonyl (C=O) groups excluding carboxylic acids is 2. The lowest BCUT2D eigenvalue weighted by Crippen LogP contribution is -2.52. The second-order valence-corrected chi connectivity index (χ2v) is 9.53. The van der Waals surface area contributed by atoms with E-state index >= 15 is 0 Å². The van der Waals surface area contributed by atoms with E-state index in [-0.39, 0.29) is 18.1 Å². The van der Waals surface area contributed by atoms with E-state index < -0.39 is 12.2 Å². The lowest BCUT2D eigenvalue weighted by molar-refractivity contribution is -0.0389. The number of rotatable bonds is 8. The predicted molar refractivity (Wildman–Crippen MR) is 129 cm³/mol. The first-order valence-corrected chi connectivity index (χ1v) is 12.0. The maximum absolute atomic E-state index is 12.9. The summed E-state index contributed by atoms with van der Waals surface area (Å²) in [5.41, 5.74) is 2.47. The van der Waals surface area contributed by atoms with Crippen molar-refractivity contribution >= 4 is 23.6 Å². The van der Waals surface area contributed by atoms with Crippen molar-refractivity contribution in [3.8, 4) is 0 Å². The van der Waals surface area contributed by atoms with Gasteiger partial charge in [0.2, 0.25) is 0 Å². The first-order chi connectivity index (χ1) is 15.7. The Balaban J connectivity index is 1.85. The lowest BCUT2D eigenvalue weighted by Gasteiger charge is -2.40. The molecule has 0 saturated carbocycles. The monoisotopic (exact) mass is 461 g/mol. The van der Waals surface area contributed by atoms with Gasteiger partial charge < -0.3 is 19.5 Å². The molecule has 8 heteroatoms. The van der Waals surface area contributed by atoms with Gasteiger partial charge in [0.1, 0.15) is 0 Å². The first-order valence-electron chi connectivity index (χ1n) is 12.0. The second-order valence-electron chi connectivity index (χ2n) is 9.53. The van der Waals surface area contributed by atoms with Gasteiger partial charge in [-0.05, 0) is 64.2 Å². The first kappa shape index (κ1) is 25.3. The fourth-order valence-corrected chi connectivity index (χ4v) is 4.56. The van der Waals surface area contributed by atoms with Gasteiger partial charge in [0.25, 0.3) is 0 Å². The Morgan fingerprint density at radius 2 is 1.91 bits per heavy atom. The summed E-state index contributed by atoms with van der Waals surface area (Å²) in [6, 6.07) is 6.18. The highest BCUT2D eigenvalue weighted by molar-refractivity contribution is 6.00. The smallest absolute Gasteiger partial charge is 0.414 e. The molecule has 3 atom stereocenters. The van der Waals surface area contributed by atoms with Gasteiger partial charge in [-0.1, -0.05) is 13.0 Å². The van der Waals surface area contributed by atoms with Crippen LogP contribution in [0.2, 0.25) is 0 Å². The van der Waals surface area contributed by atoms with Crippen molar-refractivity contribution in [1.29, 1.82) is 0 Å². The molecule has 0 spiro atoms. The summed E-state index contributed by atoms with van der Waals surface area (Å²) >= 11 is 0. The minimum Gasteiger partial charge on any atom is -0.452 e. The van der Waals surface area contributed by atoms with Gasteiger partial charge in [-0.15, -0.1) is 0 Å². The summed E-state index contributed by atoms with van der Waals surface area (Å²) in [4.78, 5) is 28.7. The number of benzene rings is 1. The van der Waals surface area contributed by atoms with Crippen molar-refractivity contribution in [2.24, 2.45) is 5.92 Å². The van der Waals surface area contributed by atoms with Gasteiger partial charge in [-0.3, -0.25) is 9.80 Å². The zero-order chi connectivity index (χ0) is 24.1. The van der Waals surface area contributed by atoms with Gasteiger partial charge in [0.05, 0.1) is 50.4 Å². The van der Waals surface area contributed by atoms with Crippen LogP contribution in [0.25, 0.3) is 0 Å². The number of methoxy groups -OCH3 is 1. The fourth-order valence-electron chi connectivity index (χ4n) is 4.56. The number of ether oxygens (including phenoxy) is 3. The van der Waals surface area contributed by atoms with E-state index in [0.717, 1.165) is 38.2 Å². The maximum atomic E-state index is 12.9. The largest absolute Gasteiger partial charge is 0.452 e. The van der Waals surface area contributed by atoms with Gasteiger partial charge in [-0.2, -0.15) is 0 Å². The highest BCUT2D eigenvalue weighted by atomic mass is 16.6. The van der Waals surface area contributed by atoms with E-state index in [1.54, 1.807) is 9.80 Å². The van der Waals surface area contributed by atoms with Gasteiger partial charge in [0, 0.05) is 18.5 Å². The normalized spacial score (nSPS) is 20.2. The number of carbonyl (C=O) groups is 2. The Bertz CT molecular complexity index is 826. The van der Waals surface area contributed by atoms with Crippen LogP contribution in [-0.4, -0.2) is 63.8 Å². The molecule has 0 bridgehead atoms. The molecule has 3 unspecified atom stereocenters. The van der Waals surface area contributed by atoms with Crippen LogP contribution < -0.4 is 15.1 Å². The molecule has 1 fully saturated rings. The molecule has 0 radical (unpaired) electrons. The third kappa shape index (κ3) is 5.98. The Labute approximate surface area is 197 Å². The van der Waals surface area contributed by atoms with Crippen LogP contribution in [0.1, 0.15) is 58.9 Å². The molecule has 184 valence electrons. The maximum Gasteiger partial charge on any atom is 0.414 e. The average Bonchev–Trinajstić information content (AvgIpc) is 2.75. The molecule has 33 heavy (non-hydrogen) atoms. The van der Waals surface area contributed by atoms with Crippen LogP contribution in [0.3, 0.4) is 0 Å². The minimum atomic E-state index is -0.434. The Kier molecular flexibility index (Phi) is 8.59. The molecule has 1 saturated heterocycles. The molecule has 2 aliphatic rings. The van der Waals surface area contributed by atoms with Crippen LogP contribution in [0, 0.1) is 5.92 Å². The SMILES string of the molecule is CCC(CNC(C)CC1COC1)c1ccc2c(c1)N(C(=O)OC(C)C)CC(C)N2C(=O)OC. The molecule has 0 aromatic heterocycles. The summed E-state index contributed by atoms with van der Waals surface area (Å²) < 4.78 is 15.8.